The van der Waals surface area contributed by atoms with E-state index in [4.69, 9.17) is 4.98 Å². The molecule has 1 N–H and O–H groups in total. The molecular formula is C20H27N3O2S2. The molecule has 1 fully saturated rings. The van der Waals surface area contributed by atoms with E-state index >= 15 is 0 Å². The number of aryl methyl sites for hydroxylation is 1. The summed E-state index contributed by atoms with van der Waals surface area (Å²) in [7, 11) is 0. The van der Waals surface area contributed by atoms with Crippen LogP contribution in [-0.2, 0) is 17.6 Å². The Morgan fingerprint density at radius 2 is 2.15 bits per heavy atom. The van der Waals surface area contributed by atoms with E-state index < -0.39 is 0 Å². The molecule has 4 rings (SSSR count). The fraction of sp³-hybridized carbons (Fsp3) is 0.650. The molecule has 1 aliphatic carbocycles. The first kappa shape index (κ1) is 19.0. The molecule has 1 aliphatic heterocycles. The summed E-state index contributed by atoms with van der Waals surface area (Å²) < 4.78 is 0. The van der Waals surface area contributed by atoms with Gasteiger partial charge < -0.3 is 9.88 Å². The second-order valence-corrected chi connectivity index (χ2v) is 10.3. The molecule has 27 heavy (non-hydrogen) atoms. The zero-order chi connectivity index (χ0) is 19.0. The molecule has 2 aliphatic rings. The first-order valence-corrected chi connectivity index (χ1v) is 11.8. The van der Waals surface area contributed by atoms with E-state index in [1.165, 1.54) is 16.9 Å². The minimum atomic E-state index is -0.0168. The van der Waals surface area contributed by atoms with Gasteiger partial charge in [-0.2, -0.15) is 0 Å². The number of aromatic amines is 1. The number of thiophene rings is 1. The van der Waals surface area contributed by atoms with Crippen LogP contribution in [0.5, 0.6) is 0 Å². The molecule has 2 aromatic rings. The lowest BCUT2D eigenvalue weighted by Crippen LogP contribution is -2.36. The van der Waals surface area contributed by atoms with Crippen molar-refractivity contribution in [3.05, 3.63) is 26.6 Å². The van der Waals surface area contributed by atoms with Crippen molar-refractivity contribution in [3.63, 3.8) is 0 Å². The summed E-state index contributed by atoms with van der Waals surface area (Å²) in [4.78, 5) is 37.1. The molecule has 0 spiro atoms. The predicted molar refractivity (Wildman–Crippen MR) is 113 cm³/mol. The van der Waals surface area contributed by atoms with Crippen LogP contribution in [0.25, 0.3) is 10.2 Å². The number of thioether (sulfide) groups is 1. The number of carbonyl (C=O) groups excluding carboxylic acids is 1. The number of piperidine rings is 1. The van der Waals surface area contributed by atoms with E-state index in [1.54, 1.807) is 23.1 Å². The molecule has 2 atom stereocenters. The van der Waals surface area contributed by atoms with Crippen molar-refractivity contribution < 1.29 is 4.79 Å². The van der Waals surface area contributed by atoms with E-state index in [-0.39, 0.29) is 16.7 Å². The average Bonchev–Trinajstić information content (AvgIpc) is 3.04. The third-order valence-corrected chi connectivity index (χ3v) is 8.02. The van der Waals surface area contributed by atoms with E-state index in [0.717, 1.165) is 55.4 Å². The number of hydrogen-bond donors (Lipinski definition) is 1. The second-order valence-electron chi connectivity index (χ2n) is 7.88. The molecule has 7 heteroatoms. The maximum Gasteiger partial charge on any atom is 0.259 e. The lowest BCUT2D eigenvalue weighted by atomic mass is 9.89. The lowest BCUT2D eigenvalue weighted by molar-refractivity contribution is -0.129. The van der Waals surface area contributed by atoms with Gasteiger partial charge in [-0.3, -0.25) is 9.59 Å². The molecule has 0 radical (unpaired) electrons. The van der Waals surface area contributed by atoms with Crippen molar-refractivity contribution in [3.8, 4) is 0 Å². The summed E-state index contributed by atoms with van der Waals surface area (Å²) in [6.07, 6.45) is 6.63. The number of rotatable bonds is 4. The van der Waals surface area contributed by atoms with Crippen LogP contribution in [0.1, 0.15) is 61.0 Å². The molecule has 1 amide bonds. The first-order chi connectivity index (χ1) is 13.0. The van der Waals surface area contributed by atoms with Crippen molar-refractivity contribution >= 4 is 39.2 Å². The van der Waals surface area contributed by atoms with Crippen molar-refractivity contribution in [2.24, 2.45) is 5.92 Å². The summed E-state index contributed by atoms with van der Waals surface area (Å²) in [5.74, 6) is 2.02. The lowest BCUT2D eigenvalue weighted by Gasteiger charge is -2.26. The number of fused-ring (bicyclic) bond motifs is 3. The average molecular weight is 406 g/mol. The topological polar surface area (TPSA) is 66.1 Å². The highest BCUT2D eigenvalue weighted by molar-refractivity contribution is 8.00. The van der Waals surface area contributed by atoms with Crippen molar-refractivity contribution in [2.75, 3.05) is 18.8 Å². The summed E-state index contributed by atoms with van der Waals surface area (Å²) in [5, 5.41) is 0.793. The molecule has 146 valence electrons. The minimum Gasteiger partial charge on any atom is -0.342 e. The van der Waals surface area contributed by atoms with E-state index in [1.807, 2.05) is 11.8 Å². The summed E-state index contributed by atoms with van der Waals surface area (Å²) >= 11 is 3.25. The van der Waals surface area contributed by atoms with E-state index in [2.05, 4.69) is 11.9 Å². The zero-order valence-corrected chi connectivity index (χ0v) is 17.7. The highest BCUT2D eigenvalue weighted by Crippen LogP contribution is 2.36. The SMILES string of the molecule is C[C@@H]1CCc2c(sc3nc([C@H](C)SCC(=O)N4CCCCC4)[nH]c(=O)c23)C1. The molecule has 0 saturated carbocycles. The van der Waals surface area contributed by atoms with Gasteiger partial charge in [-0.15, -0.1) is 23.1 Å². The summed E-state index contributed by atoms with van der Waals surface area (Å²) in [6.45, 7) is 6.06. The Hall–Kier alpha value is -1.34. The van der Waals surface area contributed by atoms with Crippen molar-refractivity contribution in [2.45, 2.75) is 57.6 Å². The molecular weight excluding hydrogens is 378 g/mol. The highest BCUT2D eigenvalue weighted by Gasteiger charge is 2.24. The third kappa shape index (κ3) is 3.94. The van der Waals surface area contributed by atoms with Crippen LogP contribution in [0, 0.1) is 5.92 Å². The number of hydrogen-bond acceptors (Lipinski definition) is 5. The van der Waals surface area contributed by atoms with Crippen LogP contribution in [0.3, 0.4) is 0 Å². The maximum absolute atomic E-state index is 12.7. The molecule has 0 aromatic carbocycles. The highest BCUT2D eigenvalue weighted by atomic mass is 32.2. The number of nitrogens with one attached hydrogen (secondary N) is 1. The Morgan fingerprint density at radius 3 is 2.93 bits per heavy atom. The number of amides is 1. The van der Waals surface area contributed by atoms with Crippen LogP contribution in [0.4, 0.5) is 0 Å². The van der Waals surface area contributed by atoms with Crippen LogP contribution in [-0.4, -0.2) is 39.6 Å². The number of aromatic nitrogens is 2. The Morgan fingerprint density at radius 1 is 1.37 bits per heavy atom. The summed E-state index contributed by atoms with van der Waals surface area (Å²) in [5.41, 5.74) is 1.20. The zero-order valence-electron chi connectivity index (χ0n) is 16.0. The van der Waals surface area contributed by atoms with Gasteiger partial charge in [0, 0.05) is 18.0 Å². The third-order valence-electron chi connectivity index (χ3n) is 5.73. The standard InChI is InChI=1S/C20H27N3O2S2/c1-12-6-7-14-15(10-12)27-20-17(14)19(25)21-18(22-20)13(2)26-11-16(24)23-8-4-3-5-9-23/h12-13H,3-11H2,1-2H3,(H,21,22,25)/t12-,13+/m1/s1. The molecule has 5 nitrogen and oxygen atoms in total. The molecule has 1 saturated heterocycles. The number of H-pyrrole nitrogens is 1. The quantitative estimate of drug-likeness (QED) is 0.837. The Balaban J connectivity index is 1.50. The maximum atomic E-state index is 12.7. The Labute approximate surface area is 167 Å². The van der Waals surface area contributed by atoms with Gasteiger partial charge in [0.05, 0.1) is 16.4 Å². The van der Waals surface area contributed by atoms with Crippen LogP contribution < -0.4 is 5.56 Å². The van der Waals surface area contributed by atoms with Gasteiger partial charge >= 0.3 is 0 Å². The van der Waals surface area contributed by atoms with Gasteiger partial charge in [-0.25, -0.2) is 4.98 Å². The fourth-order valence-electron chi connectivity index (χ4n) is 4.07. The van der Waals surface area contributed by atoms with Crippen LogP contribution >= 0.6 is 23.1 Å². The van der Waals surface area contributed by atoms with E-state index in [0.29, 0.717) is 17.5 Å². The van der Waals surface area contributed by atoms with Gasteiger partial charge in [0.1, 0.15) is 10.7 Å². The van der Waals surface area contributed by atoms with Gasteiger partial charge in [0.15, 0.2) is 0 Å². The Kier molecular flexibility index (Phi) is 5.60. The number of carbonyl (C=O) groups is 1. The fourth-order valence-corrected chi connectivity index (χ4v) is 6.30. The Bertz CT molecular complexity index is 898. The van der Waals surface area contributed by atoms with E-state index in [9.17, 15) is 9.59 Å². The monoisotopic (exact) mass is 405 g/mol. The molecule has 2 aromatic heterocycles. The smallest absolute Gasteiger partial charge is 0.259 e. The normalized spacial score (nSPS) is 21.3. The molecule has 0 bridgehead atoms. The molecule has 3 heterocycles. The van der Waals surface area contributed by atoms with Gasteiger partial charge in [0.25, 0.3) is 5.56 Å². The van der Waals surface area contributed by atoms with Crippen molar-refractivity contribution in [1.29, 1.82) is 0 Å². The predicted octanol–water partition coefficient (Wildman–Crippen LogP) is 3.92. The largest absolute Gasteiger partial charge is 0.342 e. The van der Waals surface area contributed by atoms with Crippen LogP contribution in [0.2, 0.25) is 0 Å². The number of likely N-dealkylation sites (tertiary alicyclic amines) is 1. The van der Waals surface area contributed by atoms with Crippen molar-refractivity contribution in [1.82, 2.24) is 14.9 Å². The minimum absolute atomic E-state index is 0.00566. The van der Waals surface area contributed by atoms with Gasteiger partial charge in [-0.05, 0) is 56.9 Å². The second kappa shape index (κ2) is 7.95. The first-order valence-electron chi connectivity index (χ1n) is 9.96. The number of nitrogens with zero attached hydrogens (tertiary/aromatic N) is 2. The van der Waals surface area contributed by atoms with Crippen LogP contribution in [0.15, 0.2) is 4.79 Å². The van der Waals surface area contributed by atoms with Gasteiger partial charge in [-0.1, -0.05) is 6.92 Å². The van der Waals surface area contributed by atoms with Gasteiger partial charge in [0.2, 0.25) is 5.91 Å². The molecule has 0 unspecified atom stereocenters. The summed E-state index contributed by atoms with van der Waals surface area (Å²) in [6, 6.07) is 0.